The third-order valence-corrected chi connectivity index (χ3v) is 2.61. The molecule has 1 N–H and O–H groups in total. The standard InChI is InChI=1S/C10H17NO4/c1-7(12)4-5-8-6-15-10(2,3)11(8)9(13)14/h8H,4-6H2,1-3H3,(H,13,14). The molecule has 1 unspecified atom stereocenters. The fraction of sp³-hybridized carbons (Fsp3) is 0.800. The normalized spacial score (nSPS) is 24.2. The number of carboxylic acid groups (broad SMARTS) is 1. The lowest BCUT2D eigenvalue weighted by Gasteiger charge is -2.30. The summed E-state index contributed by atoms with van der Waals surface area (Å²) in [4.78, 5) is 23.2. The van der Waals surface area contributed by atoms with Crippen LogP contribution in [0, 0.1) is 0 Å². The maximum absolute atomic E-state index is 11.0. The molecule has 5 heteroatoms. The van der Waals surface area contributed by atoms with Crippen molar-refractivity contribution in [1.82, 2.24) is 4.90 Å². The second-order valence-corrected chi connectivity index (χ2v) is 4.30. The van der Waals surface area contributed by atoms with Crippen molar-refractivity contribution in [2.45, 2.75) is 45.4 Å². The van der Waals surface area contributed by atoms with Gasteiger partial charge in [-0.2, -0.15) is 0 Å². The molecule has 5 nitrogen and oxygen atoms in total. The summed E-state index contributed by atoms with van der Waals surface area (Å²) < 4.78 is 5.39. The monoisotopic (exact) mass is 215 g/mol. The zero-order valence-electron chi connectivity index (χ0n) is 9.32. The quantitative estimate of drug-likeness (QED) is 0.774. The molecule has 0 bridgehead atoms. The topological polar surface area (TPSA) is 66.8 Å². The van der Waals surface area contributed by atoms with E-state index in [9.17, 15) is 9.59 Å². The Kier molecular flexibility index (Phi) is 3.34. The van der Waals surface area contributed by atoms with Gasteiger partial charge in [0, 0.05) is 6.42 Å². The van der Waals surface area contributed by atoms with E-state index in [0.29, 0.717) is 19.4 Å². The summed E-state index contributed by atoms with van der Waals surface area (Å²) in [5.41, 5.74) is -0.784. The molecule has 0 aromatic rings. The number of hydrogen-bond donors (Lipinski definition) is 1. The molecule has 1 aliphatic heterocycles. The molecule has 15 heavy (non-hydrogen) atoms. The molecular weight excluding hydrogens is 198 g/mol. The smallest absolute Gasteiger partial charge is 0.409 e. The average molecular weight is 215 g/mol. The summed E-state index contributed by atoms with van der Waals surface area (Å²) in [6.45, 7) is 5.31. The summed E-state index contributed by atoms with van der Waals surface area (Å²) >= 11 is 0. The van der Waals surface area contributed by atoms with E-state index in [4.69, 9.17) is 9.84 Å². The van der Waals surface area contributed by atoms with Gasteiger partial charge in [-0.1, -0.05) is 0 Å². The number of rotatable bonds is 3. The Bertz CT molecular complexity index is 275. The maximum atomic E-state index is 11.0. The summed E-state index contributed by atoms with van der Waals surface area (Å²) in [5, 5.41) is 9.05. The van der Waals surface area contributed by atoms with Crippen molar-refractivity contribution < 1.29 is 19.4 Å². The Morgan fingerprint density at radius 3 is 2.60 bits per heavy atom. The van der Waals surface area contributed by atoms with Crippen LogP contribution >= 0.6 is 0 Å². The Balaban J connectivity index is 2.66. The van der Waals surface area contributed by atoms with Crippen LogP contribution in [0.2, 0.25) is 0 Å². The number of hydrogen-bond acceptors (Lipinski definition) is 3. The van der Waals surface area contributed by atoms with Crippen LogP contribution in [0.15, 0.2) is 0 Å². The number of nitrogens with zero attached hydrogens (tertiary/aromatic N) is 1. The van der Waals surface area contributed by atoms with E-state index in [1.807, 2.05) is 0 Å². The summed E-state index contributed by atoms with van der Waals surface area (Å²) in [6.07, 6.45) is -0.0649. The van der Waals surface area contributed by atoms with Crippen LogP contribution in [0.1, 0.15) is 33.6 Å². The second kappa shape index (κ2) is 4.18. The highest BCUT2D eigenvalue weighted by Gasteiger charge is 2.43. The van der Waals surface area contributed by atoms with E-state index in [0.717, 1.165) is 0 Å². The van der Waals surface area contributed by atoms with E-state index in [1.165, 1.54) is 11.8 Å². The third kappa shape index (κ3) is 2.68. The fourth-order valence-electron chi connectivity index (χ4n) is 1.85. The number of ketones is 1. The number of amides is 1. The molecule has 0 aromatic carbocycles. The van der Waals surface area contributed by atoms with Gasteiger partial charge in [-0.25, -0.2) is 4.79 Å². The molecule has 86 valence electrons. The highest BCUT2D eigenvalue weighted by Crippen LogP contribution is 2.29. The summed E-state index contributed by atoms with van der Waals surface area (Å²) in [6, 6.07) is -0.207. The molecule has 0 spiro atoms. The predicted molar refractivity (Wildman–Crippen MR) is 53.6 cm³/mol. The van der Waals surface area contributed by atoms with Crippen LogP contribution in [-0.4, -0.2) is 40.3 Å². The maximum Gasteiger partial charge on any atom is 0.409 e. The first kappa shape index (κ1) is 12.0. The summed E-state index contributed by atoms with van der Waals surface area (Å²) in [7, 11) is 0. The van der Waals surface area contributed by atoms with Crippen LogP contribution in [0.25, 0.3) is 0 Å². The molecule has 0 aromatic heterocycles. The first-order valence-electron chi connectivity index (χ1n) is 5.00. The van der Waals surface area contributed by atoms with Crippen molar-refractivity contribution >= 4 is 11.9 Å². The first-order valence-corrected chi connectivity index (χ1v) is 5.00. The lowest BCUT2D eigenvalue weighted by atomic mass is 10.1. The van der Waals surface area contributed by atoms with Crippen LogP contribution in [0.3, 0.4) is 0 Å². The Hall–Kier alpha value is -1.10. The Morgan fingerprint density at radius 1 is 1.53 bits per heavy atom. The Morgan fingerprint density at radius 2 is 2.13 bits per heavy atom. The zero-order chi connectivity index (χ0) is 11.6. The average Bonchev–Trinajstić information content (AvgIpc) is 2.37. The van der Waals surface area contributed by atoms with Crippen LogP contribution in [0.4, 0.5) is 4.79 Å². The van der Waals surface area contributed by atoms with Crippen LogP contribution < -0.4 is 0 Å². The molecular formula is C10H17NO4. The van der Waals surface area contributed by atoms with Gasteiger partial charge in [0.05, 0.1) is 12.6 Å². The van der Waals surface area contributed by atoms with Gasteiger partial charge in [0.15, 0.2) is 0 Å². The SMILES string of the molecule is CC(=O)CCC1COC(C)(C)N1C(=O)O. The largest absolute Gasteiger partial charge is 0.465 e. The van der Waals surface area contributed by atoms with Crippen molar-refractivity contribution in [3.63, 3.8) is 0 Å². The van der Waals surface area contributed by atoms with Gasteiger partial charge < -0.3 is 14.6 Å². The van der Waals surface area contributed by atoms with Gasteiger partial charge in [-0.3, -0.25) is 4.90 Å². The van der Waals surface area contributed by atoms with Crippen molar-refractivity contribution in [1.29, 1.82) is 0 Å². The van der Waals surface area contributed by atoms with E-state index >= 15 is 0 Å². The molecule has 0 aliphatic carbocycles. The molecule has 1 fully saturated rings. The van der Waals surface area contributed by atoms with Gasteiger partial charge in [-0.05, 0) is 27.2 Å². The lowest BCUT2D eigenvalue weighted by Crippen LogP contribution is -2.47. The van der Waals surface area contributed by atoms with E-state index in [-0.39, 0.29) is 11.8 Å². The highest BCUT2D eigenvalue weighted by atomic mass is 16.5. The minimum Gasteiger partial charge on any atom is -0.465 e. The zero-order valence-corrected chi connectivity index (χ0v) is 9.32. The van der Waals surface area contributed by atoms with Gasteiger partial charge >= 0.3 is 6.09 Å². The van der Waals surface area contributed by atoms with Crippen molar-refractivity contribution in [2.24, 2.45) is 0 Å². The van der Waals surface area contributed by atoms with Crippen LogP contribution in [-0.2, 0) is 9.53 Å². The lowest BCUT2D eigenvalue weighted by molar-refractivity contribution is -0.117. The van der Waals surface area contributed by atoms with Crippen molar-refractivity contribution in [3.05, 3.63) is 0 Å². The van der Waals surface area contributed by atoms with Crippen LogP contribution in [0.5, 0.6) is 0 Å². The van der Waals surface area contributed by atoms with Crippen molar-refractivity contribution in [3.8, 4) is 0 Å². The summed E-state index contributed by atoms with van der Waals surface area (Å²) in [5.74, 6) is 0.0741. The first-order chi connectivity index (χ1) is 6.84. The highest BCUT2D eigenvalue weighted by molar-refractivity contribution is 5.75. The second-order valence-electron chi connectivity index (χ2n) is 4.30. The molecule has 1 amide bonds. The van der Waals surface area contributed by atoms with Gasteiger partial charge in [0.1, 0.15) is 11.5 Å². The minimum absolute atomic E-state index is 0.0741. The van der Waals surface area contributed by atoms with Gasteiger partial charge in [0.2, 0.25) is 0 Å². The number of Topliss-reactive ketones (excluding diaryl/α,β-unsaturated/α-hetero) is 1. The minimum atomic E-state index is -0.994. The van der Waals surface area contributed by atoms with Crippen molar-refractivity contribution in [2.75, 3.05) is 6.61 Å². The van der Waals surface area contributed by atoms with E-state index in [1.54, 1.807) is 13.8 Å². The Labute approximate surface area is 89.0 Å². The van der Waals surface area contributed by atoms with E-state index < -0.39 is 11.8 Å². The molecule has 1 saturated heterocycles. The fourth-order valence-corrected chi connectivity index (χ4v) is 1.85. The molecule has 0 saturated carbocycles. The molecule has 1 aliphatic rings. The number of ether oxygens (including phenoxy) is 1. The number of carbonyl (C=O) groups is 2. The predicted octanol–water partition coefficient (Wildman–Crippen LogP) is 1.47. The molecule has 1 heterocycles. The molecule has 1 atom stereocenters. The van der Waals surface area contributed by atoms with Gasteiger partial charge in [0.25, 0.3) is 0 Å². The van der Waals surface area contributed by atoms with E-state index in [2.05, 4.69) is 0 Å². The third-order valence-electron chi connectivity index (χ3n) is 2.61. The van der Waals surface area contributed by atoms with Gasteiger partial charge in [-0.15, -0.1) is 0 Å². The number of carbonyl (C=O) groups excluding carboxylic acids is 1. The molecule has 0 radical (unpaired) electrons. The molecule has 1 rings (SSSR count).